The highest BCUT2D eigenvalue weighted by molar-refractivity contribution is 9.09. The maximum Gasteiger partial charge on any atom is 0.253 e. The molecule has 0 aliphatic rings. The quantitative estimate of drug-likeness (QED) is 0.849. The van der Waals surface area contributed by atoms with E-state index < -0.39 is 0 Å². The molecule has 0 unspecified atom stereocenters. The smallest absolute Gasteiger partial charge is 0.253 e. The van der Waals surface area contributed by atoms with Crippen molar-refractivity contribution in [2.75, 3.05) is 10.7 Å². The third-order valence-corrected chi connectivity index (χ3v) is 4.65. The minimum atomic E-state index is -0.290. The highest BCUT2D eigenvalue weighted by Gasteiger charge is 2.24. The highest BCUT2D eigenvalue weighted by Crippen LogP contribution is 2.12. The molecular formula is C11H14Br2N2O. The molecule has 1 heterocycles. The van der Waals surface area contributed by atoms with Gasteiger partial charge in [-0.15, -0.1) is 0 Å². The monoisotopic (exact) mass is 348 g/mol. The van der Waals surface area contributed by atoms with Gasteiger partial charge in [0.05, 0.1) is 11.1 Å². The zero-order valence-corrected chi connectivity index (χ0v) is 12.4. The molecule has 0 bridgehead atoms. The number of nitrogens with zero attached hydrogens (tertiary/aromatic N) is 1. The number of hydrogen-bond acceptors (Lipinski definition) is 2. The Kier molecular flexibility index (Phi) is 4.92. The van der Waals surface area contributed by atoms with Crippen molar-refractivity contribution in [1.29, 1.82) is 0 Å². The molecule has 1 N–H and O–H groups in total. The molecule has 0 aromatic carbocycles. The van der Waals surface area contributed by atoms with Crippen LogP contribution in [-0.2, 0) is 0 Å². The van der Waals surface area contributed by atoms with Crippen molar-refractivity contribution in [3.05, 3.63) is 29.6 Å². The van der Waals surface area contributed by atoms with E-state index in [4.69, 9.17) is 0 Å². The summed E-state index contributed by atoms with van der Waals surface area (Å²) in [5.41, 5.74) is 1.20. The average Bonchev–Trinajstić information content (AvgIpc) is 2.29. The van der Waals surface area contributed by atoms with Gasteiger partial charge in [0.25, 0.3) is 5.91 Å². The second-order valence-corrected chi connectivity index (χ2v) is 5.09. The molecule has 88 valence electrons. The molecule has 1 aromatic heterocycles. The van der Waals surface area contributed by atoms with Crippen molar-refractivity contribution in [1.82, 2.24) is 10.3 Å². The predicted molar refractivity (Wildman–Crippen MR) is 72.4 cm³/mol. The van der Waals surface area contributed by atoms with Gasteiger partial charge in [0.15, 0.2) is 0 Å². The molecule has 1 rings (SSSR count). The first-order chi connectivity index (χ1) is 7.50. The van der Waals surface area contributed by atoms with E-state index in [9.17, 15) is 4.79 Å². The van der Waals surface area contributed by atoms with E-state index in [2.05, 4.69) is 42.2 Å². The first kappa shape index (κ1) is 13.6. The largest absolute Gasteiger partial charge is 0.345 e. The van der Waals surface area contributed by atoms with Gasteiger partial charge in [-0.3, -0.25) is 9.78 Å². The molecule has 0 radical (unpaired) electrons. The number of pyridine rings is 1. The summed E-state index contributed by atoms with van der Waals surface area (Å²) in [5.74, 6) is -0.103. The van der Waals surface area contributed by atoms with Gasteiger partial charge >= 0.3 is 0 Å². The van der Waals surface area contributed by atoms with Gasteiger partial charge in [0, 0.05) is 22.6 Å². The van der Waals surface area contributed by atoms with Gasteiger partial charge in [-0.05, 0) is 26.0 Å². The Morgan fingerprint density at radius 3 is 2.50 bits per heavy atom. The number of nitrogens with one attached hydrogen (secondary N) is 1. The second-order valence-electron chi connectivity index (χ2n) is 3.97. The molecule has 5 heteroatoms. The minimum Gasteiger partial charge on any atom is -0.345 e. The van der Waals surface area contributed by atoms with Gasteiger partial charge < -0.3 is 5.32 Å². The van der Waals surface area contributed by atoms with Crippen LogP contribution in [-0.4, -0.2) is 27.1 Å². The molecule has 0 saturated heterocycles. The van der Waals surface area contributed by atoms with Gasteiger partial charge in [-0.1, -0.05) is 31.9 Å². The lowest BCUT2D eigenvalue weighted by Crippen LogP contribution is -2.48. The van der Waals surface area contributed by atoms with Crippen molar-refractivity contribution < 1.29 is 4.79 Å². The maximum absolute atomic E-state index is 11.9. The molecule has 0 spiro atoms. The lowest BCUT2D eigenvalue weighted by atomic mass is 10.1. The first-order valence-corrected chi connectivity index (χ1v) is 7.12. The van der Waals surface area contributed by atoms with Crippen LogP contribution in [0.15, 0.2) is 18.3 Å². The fraction of sp³-hybridized carbons (Fsp3) is 0.455. The SMILES string of the molecule is Cc1ccc(C(=O)NC(C)(CBr)CBr)cn1. The van der Waals surface area contributed by atoms with E-state index in [0.29, 0.717) is 16.2 Å². The molecule has 3 nitrogen and oxygen atoms in total. The van der Waals surface area contributed by atoms with E-state index >= 15 is 0 Å². The van der Waals surface area contributed by atoms with Gasteiger partial charge in [0.1, 0.15) is 0 Å². The van der Waals surface area contributed by atoms with Crippen molar-refractivity contribution in [2.24, 2.45) is 0 Å². The van der Waals surface area contributed by atoms with Gasteiger partial charge in [-0.2, -0.15) is 0 Å². The van der Waals surface area contributed by atoms with Crippen LogP contribution in [0.25, 0.3) is 0 Å². The van der Waals surface area contributed by atoms with Crippen LogP contribution in [0.5, 0.6) is 0 Å². The van der Waals surface area contributed by atoms with Gasteiger partial charge in [-0.25, -0.2) is 0 Å². The van der Waals surface area contributed by atoms with E-state index in [1.165, 1.54) is 0 Å². The van der Waals surface area contributed by atoms with E-state index in [0.717, 1.165) is 5.69 Å². The summed E-state index contributed by atoms with van der Waals surface area (Å²) in [6.07, 6.45) is 1.59. The number of aromatic nitrogens is 1. The maximum atomic E-state index is 11.9. The predicted octanol–water partition coefficient (Wildman–Crippen LogP) is 2.67. The molecular weight excluding hydrogens is 336 g/mol. The van der Waals surface area contributed by atoms with Gasteiger partial charge in [0.2, 0.25) is 0 Å². The Bertz CT molecular complexity index is 361. The second kappa shape index (κ2) is 5.77. The Balaban J connectivity index is 2.76. The first-order valence-electron chi connectivity index (χ1n) is 4.88. The van der Waals surface area contributed by atoms with Crippen LogP contribution in [0.2, 0.25) is 0 Å². The molecule has 16 heavy (non-hydrogen) atoms. The van der Waals surface area contributed by atoms with Crippen LogP contribution < -0.4 is 5.32 Å². The number of rotatable bonds is 4. The zero-order chi connectivity index (χ0) is 12.2. The van der Waals surface area contributed by atoms with Crippen LogP contribution in [0, 0.1) is 6.92 Å². The van der Waals surface area contributed by atoms with Crippen LogP contribution >= 0.6 is 31.9 Å². The lowest BCUT2D eigenvalue weighted by molar-refractivity contribution is 0.0922. The summed E-state index contributed by atoms with van der Waals surface area (Å²) in [7, 11) is 0. The van der Waals surface area contributed by atoms with E-state index in [1.54, 1.807) is 12.3 Å². The fourth-order valence-corrected chi connectivity index (χ4v) is 2.26. The number of hydrogen-bond donors (Lipinski definition) is 1. The number of alkyl halides is 2. The molecule has 1 amide bonds. The number of carbonyl (C=O) groups excluding carboxylic acids is 1. The fourth-order valence-electron chi connectivity index (χ4n) is 1.05. The Labute approximate surface area is 112 Å². The Morgan fingerprint density at radius 1 is 1.44 bits per heavy atom. The third kappa shape index (κ3) is 3.56. The van der Waals surface area contributed by atoms with Crippen molar-refractivity contribution in [2.45, 2.75) is 19.4 Å². The number of halogens is 2. The van der Waals surface area contributed by atoms with E-state index in [1.807, 2.05) is 19.9 Å². The lowest BCUT2D eigenvalue weighted by Gasteiger charge is -2.26. The van der Waals surface area contributed by atoms with Crippen LogP contribution in [0.3, 0.4) is 0 Å². The molecule has 1 aromatic rings. The topological polar surface area (TPSA) is 42.0 Å². The van der Waals surface area contributed by atoms with Crippen LogP contribution in [0.1, 0.15) is 23.0 Å². The summed E-state index contributed by atoms with van der Waals surface area (Å²) in [6, 6.07) is 3.61. The molecule has 0 saturated carbocycles. The number of aryl methyl sites for hydroxylation is 1. The Hall–Kier alpha value is -0.420. The summed E-state index contributed by atoms with van der Waals surface area (Å²) in [6.45, 7) is 3.86. The average molecular weight is 350 g/mol. The summed E-state index contributed by atoms with van der Waals surface area (Å²) < 4.78 is 0. The number of amides is 1. The highest BCUT2D eigenvalue weighted by atomic mass is 79.9. The normalized spacial score (nSPS) is 11.2. The molecule has 0 atom stereocenters. The summed E-state index contributed by atoms with van der Waals surface area (Å²) in [5, 5.41) is 4.34. The van der Waals surface area contributed by atoms with Crippen molar-refractivity contribution in [3.63, 3.8) is 0 Å². The van der Waals surface area contributed by atoms with E-state index in [-0.39, 0.29) is 11.4 Å². The van der Waals surface area contributed by atoms with Crippen molar-refractivity contribution in [3.8, 4) is 0 Å². The minimum absolute atomic E-state index is 0.103. The summed E-state index contributed by atoms with van der Waals surface area (Å²) in [4.78, 5) is 16.0. The van der Waals surface area contributed by atoms with Crippen molar-refractivity contribution >= 4 is 37.8 Å². The molecule has 0 aliphatic carbocycles. The Morgan fingerprint density at radius 2 is 2.06 bits per heavy atom. The third-order valence-electron chi connectivity index (χ3n) is 2.18. The standard InChI is InChI=1S/C11H14Br2N2O/c1-8-3-4-9(5-14-8)10(16)15-11(2,6-12)7-13/h3-5H,6-7H2,1-2H3,(H,15,16). The molecule has 0 aliphatic heterocycles. The van der Waals surface area contributed by atoms with Crippen LogP contribution in [0.4, 0.5) is 0 Å². The zero-order valence-electron chi connectivity index (χ0n) is 9.26. The molecule has 0 fully saturated rings. The number of carbonyl (C=O) groups is 1. The summed E-state index contributed by atoms with van der Waals surface area (Å²) >= 11 is 6.77.